The van der Waals surface area contributed by atoms with Crippen molar-refractivity contribution in [3.05, 3.63) is 29.8 Å². The fourth-order valence-corrected chi connectivity index (χ4v) is 1.64. The molecule has 0 bridgehead atoms. The SMILES string of the molecule is CCCCC(N)C(=O)Nc1ccc(C(=O)NC)cc1. The van der Waals surface area contributed by atoms with Crippen molar-refractivity contribution in [3.63, 3.8) is 0 Å². The van der Waals surface area contributed by atoms with Gasteiger partial charge < -0.3 is 16.4 Å². The van der Waals surface area contributed by atoms with Crippen molar-refractivity contribution in [2.75, 3.05) is 12.4 Å². The Balaban J connectivity index is 2.57. The largest absolute Gasteiger partial charge is 0.355 e. The van der Waals surface area contributed by atoms with E-state index in [0.717, 1.165) is 12.8 Å². The van der Waals surface area contributed by atoms with Crippen LogP contribution >= 0.6 is 0 Å². The molecule has 1 aromatic carbocycles. The zero-order valence-electron chi connectivity index (χ0n) is 11.4. The summed E-state index contributed by atoms with van der Waals surface area (Å²) in [7, 11) is 1.57. The van der Waals surface area contributed by atoms with Crippen molar-refractivity contribution in [2.45, 2.75) is 32.2 Å². The van der Waals surface area contributed by atoms with Gasteiger partial charge in [0.1, 0.15) is 0 Å². The number of benzene rings is 1. The first-order chi connectivity index (χ1) is 9.08. The van der Waals surface area contributed by atoms with Gasteiger partial charge in [-0.3, -0.25) is 9.59 Å². The van der Waals surface area contributed by atoms with Gasteiger partial charge in [-0.25, -0.2) is 0 Å². The molecular weight excluding hydrogens is 242 g/mol. The normalized spacial score (nSPS) is 11.7. The van der Waals surface area contributed by atoms with E-state index in [1.54, 1.807) is 31.3 Å². The van der Waals surface area contributed by atoms with Gasteiger partial charge in [-0.15, -0.1) is 0 Å². The summed E-state index contributed by atoms with van der Waals surface area (Å²) < 4.78 is 0. The highest BCUT2D eigenvalue weighted by Gasteiger charge is 2.12. The predicted molar refractivity (Wildman–Crippen MR) is 76.0 cm³/mol. The molecular formula is C14H21N3O2. The Labute approximate surface area is 113 Å². The van der Waals surface area contributed by atoms with Crippen LogP contribution in [-0.2, 0) is 4.79 Å². The van der Waals surface area contributed by atoms with Crippen molar-refractivity contribution in [3.8, 4) is 0 Å². The third kappa shape index (κ3) is 4.71. The molecule has 4 N–H and O–H groups in total. The van der Waals surface area contributed by atoms with Crippen LogP contribution in [0.2, 0.25) is 0 Å². The average molecular weight is 263 g/mol. The van der Waals surface area contributed by atoms with E-state index < -0.39 is 6.04 Å². The van der Waals surface area contributed by atoms with Gasteiger partial charge >= 0.3 is 0 Å². The van der Waals surface area contributed by atoms with E-state index in [0.29, 0.717) is 17.7 Å². The first-order valence-electron chi connectivity index (χ1n) is 6.47. The monoisotopic (exact) mass is 263 g/mol. The zero-order valence-corrected chi connectivity index (χ0v) is 11.4. The number of anilines is 1. The summed E-state index contributed by atoms with van der Waals surface area (Å²) in [6.07, 6.45) is 2.63. The molecule has 0 aromatic heterocycles. The second-order valence-corrected chi connectivity index (χ2v) is 4.39. The second kappa shape index (κ2) is 7.53. The Morgan fingerprint density at radius 1 is 1.26 bits per heavy atom. The highest BCUT2D eigenvalue weighted by Crippen LogP contribution is 2.10. The van der Waals surface area contributed by atoms with Gasteiger partial charge in [0.2, 0.25) is 5.91 Å². The molecule has 5 nitrogen and oxygen atoms in total. The fraction of sp³-hybridized carbons (Fsp3) is 0.429. The third-order valence-electron chi connectivity index (χ3n) is 2.85. The molecule has 0 aliphatic carbocycles. The van der Waals surface area contributed by atoms with Crippen molar-refractivity contribution in [1.82, 2.24) is 5.32 Å². The number of hydrogen-bond donors (Lipinski definition) is 3. The number of amides is 2. The summed E-state index contributed by atoms with van der Waals surface area (Å²) in [4.78, 5) is 23.1. The van der Waals surface area contributed by atoms with Crippen LogP contribution in [0.4, 0.5) is 5.69 Å². The molecule has 2 amide bonds. The summed E-state index contributed by atoms with van der Waals surface area (Å²) in [6.45, 7) is 2.06. The van der Waals surface area contributed by atoms with Gasteiger partial charge in [0.05, 0.1) is 6.04 Å². The van der Waals surface area contributed by atoms with Crippen LogP contribution in [0.3, 0.4) is 0 Å². The molecule has 0 spiro atoms. The molecule has 1 aromatic rings. The minimum atomic E-state index is -0.487. The smallest absolute Gasteiger partial charge is 0.251 e. The Kier molecular flexibility index (Phi) is 6.02. The number of unbranched alkanes of at least 4 members (excludes halogenated alkanes) is 1. The first kappa shape index (κ1) is 15.2. The molecule has 0 aliphatic heterocycles. The number of nitrogens with one attached hydrogen (secondary N) is 2. The van der Waals surface area contributed by atoms with E-state index >= 15 is 0 Å². The van der Waals surface area contributed by atoms with Gasteiger partial charge in [0, 0.05) is 18.3 Å². The van der Waals surface area contributed by atoms with E-state index in [1.807, 2.05) is 0 Å². The fourth-order valence-electron chi connectivity index (χ4n) is 1.64. The van der Waals surface area contributed by atoms with E-state index in [-0.39, 0.29) is 11.8 Å². The van der Waals surface area contributed by atoms with Crippen LogP contribution in [0.25, 0.3) is 0 Å². The third-order valence-corrected chi connectivity index (χ3v) is 2.85. The zero-order chi connectivity index (χ0) is 14.3. The predicted octanol–water partition coefficient (Wildman–Crippen LogP) is 1.50. The lowest BCUT2D eigenvalue weighted by Crippen LogP contribution is -2.35. The quantitative estimate of drug-likeness (QED) is 0.727. The standard InChI is InChI=1S/C14H21N3O2/c1-3-4-5-12(15)14(19)17-11-8-6-10(7-9-11)13(18)16-2/h6-9,12H,3-5,15H2,1-2H3,(H,16,18)(H,17,19). The maximum absolute atomic E-state index is 11.8. The molecule has 104 valence electrons. The molecule has 1 rings (SSSR count). The summed E-state index contributed by atoms with van der Waals surface area (Å²) in [5, 5.41) is 5.28. The van der Waals surface area contributed by atoms with Crippen LogP contribution in [0, 0.1) is 0 Å². The topological polar surface area (TPSA) is 84.2 Å². The highest BCUT2D eigenvalue weighted by molar-refractivity contribution is 5.96. The minimum Gasteiger partial charge on any atom is -0.355 e. The van der Waals surface area contributed by atoms with E-state index in [1.165, 1.54) is 0 Å². The van der Waals surface area contributed by atoms with Gasteiger partial charge in [0.15, 0.2) is 0 Å². The van der Waals surface area contributed by atoms with Crippen molar-refractivity contribution < 1.29 is 9.59 Å². The molecule has 0 fully saturated rings. The Hall–Kier alpha value is -1.88. The van der Waals surface area contributed by atoms with E-state index in [4.69, 9.17) is 5.73 Å². The molecule has 19 heavy (non-hydrogen) atoms. The van der Waals surface area contributed by atoms with E-state index in [2.05, 4.69) is 17.6 Å². The van der Waals surface area contributed by atoms with Crippen molar-refractivity contribution in [1.29, 1.82) is 0 Å². The Bertz CT molecular complexity index is 429. The van der Waals surface area contributed by atoms with Gasteiger partial charge in [-0.2, -0.15) is 0 Å². The number of carbonyl (C=O) groups is 2. The average Bonchev–Trinajstić information content (AvgIpc) is 2.44. The molecule has 0 radical (unpaired) electrons. The van der Waals surface area contributed by atoms with Crippen LogP contribution in [-0.4, -0.2) is 24.9 Å². The summed E-state index contributed by atoms with van der Waals surface area (Å²) >= 11 is 0. The van der Waals surface area contributed by atoms with Crippen LogP contribution in [0.15, 0.2) is 24.3 Å². The van der Waals surface area contributed by atoms with Gasteiger partial charge in [0.25, 0.3) is 5.91 Å². The van der Waals surface area contributed by atoms with Crippen molar-refractivity contribution >= 4 is 17.5 Å². The van der Waals surface area contributed by atoms with E-state index in [9.17, 15) is 9.59 Å². The lowest BCUT2D eigenvalue weighted by Gasteiger charge is -2.12. The van der Waals surface area contributed by atoms with Gasteiger partial charge in [-0.05, 0) is 30.7 Å². The lowest BCUT2D eigenvalue weighted by atomic mass is 10.1. The maximum atomic E-state index is 11.8. The van der Waals surface area contributed by atoms with Crippen LogP contribution < -0.4 is 16.4 Å². The number of carbonyl (C=O) groups excluding carboxylic acids is 2. The highest BCUT2D eigenvalue weighted by atomic mass is 16.2. The van der Waals surface area contributed by atoms with Gasteiger partial charge in [-0.1, -0.05) is 19.8 Å². The molecule has 1 unspecified atom stereocenters. The summed E-state index contributed by atoms with van der Waals surface area (Å²) in [6, 6.07) is 6.21. The molecule has 1 atom stereocenters. The minimum absolute atomic E-state index is 0.155. The lowest BCUT2D eigenvalue weighted by molar-refractivity contribution is -0.117. The van der Waals surface area contributed by atoms with Crippen molar-refractivity contribution in [2.24, 2.45) is 5.73 Å². The Morgan fingerprint density at radius 2 is 1.89 bits per heavy atom. The summed E-state index contributed by atoms with van der Waals surface area (Å²) in [5.41, 5.74) is 6.97. The second-order valence-electron chi connectivity index (χ2n) is 4.39. The summed E-state index contributed by atoms with van der Waals surface area (Å²) in [5.74, 6) is -0.348. The number of nitrogens with two attached hydrogens (primary N) is 1. The van der Waals surface area contributed by atoms with Crippen LogP contribution in [0.5, 0.6) is 0 Å². The first-order valence-corrected chi connectivity index (χ1v) is 6.47. The Morgan fingerprint density at radius 3 is 2.42 bits per heavy atom. The molecule has 0 heterocycles. The number of rotatable bonds is 6. The van der Waals surface area contributed by atoms with Crippen LogP contribution in [0.1, 0.15) is 36.5 Å². The molecule has 0 saturated carbocycles. The molecule has 5 heteroatoms. The maximum Gasteiger partial charge on any atom is 0.251 e. The molecule has 0 aliphatic rings. The number of hydrogen-bond acceptors (Lipinski definition) is 3. The molecule has 0 saturated heterocycles.